The van der Waals surface area contributed by atoms with Crippen molar-refractivity contribution >= 4 is 21.4 Å². The predicted octanol–water partition coefficient (Wildman–Crippen LogP) is 1.39. The van der Waals surface area contributed by atoms with Crippen molar-refractivity contribution in [3.8, 4) is 0 Å². The van der Waals surface area contributed by atoms with Gasteiger partial charge >= 0.3 is 0 Å². The van der Waals surface area contributed by atoms with E-state index in [1.807, 2.05) is 0 Å². The zero-order valence-corrected chi connectivity index (χ0v) is 11.7. The fourth-order valence-corrected chi connectivity index (χ4v) is 2.82. The van der Waals surface area contributed by atoms with Crippen molar-refractivity contribution in [1.29, 1.82) is 0 Å². The fourth-order valence-electron chi connectivity index (χ4n) is 1.70. The summed E-state index contributed by atoms with van der Waals surface area (Å²) in [5.74, 6) is 0. The van der Waals surface area contributed by atoms with E-state index < -0.39 is 31.0 Å². The summed E-state index contributed by atoms with van der Waals surface area (Å²) in [7, 11) is -4.21. The molecule has 0 aliphatic carbocycles. The molecular formula is C12H11N3O5S. The SMILES string of the molecule is Cc1ccc([N+](=O)[O-])c(NS(=O)(=O)c2c[nH]ccc2=O)c1. The highest BCUT2D eigenvalue weighted by Crippen LogP contribution is 2.27. The molecule has 0 spiro atoms. The number of anilines is 1. The molecule has 2 aromatic rings. The number of hydrogen-bond donors (Lipinski definition) is 2. The average molecular weight is 309 g/mol. The second kappa shape index (κ2) is 5.37. The summed E-state index contributed by atoms with van der Waals surface area (Å²) in [4.78, 5) is 23.8. The van der Waals surface area contributed by atoms with Crippen molar-refractivity contribution in [1.82, 2.24) is 4.98 Å². The number of nitrogens with zero attached hydrogens (tertiary/aromatic N) is 1. The molecular weight excluding hydrogens is 298 g/mol. The number of sulfonamides is 1. The number of pyridine rings is 1. The minimum Gasteiger partial charge on any atom is -0.366 e. The molecule has 2 N–H and O–H groups in total. The number of hydrogen-bond acceptors (Lipinski definition) is 5. The Bertz CT molecular complexity index is 857. The van der Waals surface area contributed by atoms with E-state index in [1.165, 1.54) is 24.4 Å². The number of aromatic amines is 1. The van der Waals surface area contributed by atoms with E-state index in [0.29, 0.717) is 5.56 Å². The third-order valence-electron chi connectivity index (χ3n) is 2.67. The second-order valence-electron chi connectivity index (χ2n) is 4.26. The minimum atomic E-state index is -4.21. The molecule has 0 atom stereocenters. The number of aromatic nitrogens is 1. The highest BCUT2D eigenvalue weighted by atomic mass is 32.2. The minimum absolute atomic E-state index is 0.191. The molecule has 1 aromatic heterocycles. The smallest absolute Gasteiger partial charge is 0.293 e. The number of nitrogens with one attached hydrogen (secondary N) is 2. The number of nitro groups is 1. The molecule has 0 saturated heterocycles. The molecule has 0 amide bonds. The number of H-pyrrole nitrogens is 1. The van der Waals surface area contributed by atoms with Crippen molar-refractivity contribution in [3.05, 3.63) is 62.6 Å². The van der Waals surface area contributed by atoms with Crippen LogP contribution in [-0.2, 0) is 10.0 Å². The predicted molar refractivity (Wildman–Crippen MR) is 75.7 cm³/mol. The first-order valence-electron chi connectivity index (χ1n) is 5.76. The molecule has 0 radical (unpaired) electrons. The van der Waals surface area contributed by atoms with E-state index in [4.69, 9.17) is 0 Å². The van der Waals surface area contributed by atoms with Crippen molar-refractivity contribution in [2.75, 3.05) is 4.72 Å². The van der Waals surface area contributed by atoms with E-state index in [0.717, 1.165) is 12.3 Å². The molecule has 0 fully saturated rings. The van der Waals surface area contributed by atoms with Gasteiger partial charge in [-0.2, -0.15) is 0 Å². The molecule has 0 aliphatic rings. The van der Waals surface area contributed by atoms with Gasteiger partial charge in [0, 0.05) is 24.5 Å². The Morgan fingerprint density at radius 1 is 1.29 bits per heavy atom. The van der Waals surface area contributed by atoms with Gasteiger partial charge in [0.05, 0.1) is 4.92 Å². The van der Waals surface area contributed by atoms with E-state index in [9.17, 15) is 23.3 Å². The van der Waals surface area contributed by atoms with Crippen LogP contribution in [0.5, 0.6) is 0 Å². The summed E-state index contributed by atoms with van der Waals surface area (Å²) in [6.45, 7) is 1.66. The first kappa shape index (κ1) is 14.7. The van der Waals surface area contributed by atoms with Crippen LogP contribution in [0.1, 0.15) is 5.56 Å². The molecule has 1 aromatic carbocycles. The Morgan fingerprint density at radius 2 is 2.00 bits per heavy atom. The molecule has 110 valence electrons. The maximum atomic E-state index is 12.2. The Labute approximate surface area is 119 Å². The van der Waals surface area contributed by atoms with Crippen molar-refractivity contribution < 1.29 is 13.3 Å². The highest BCUT2D eigenvalue weighted by molar-refractivity contribution is 7.92. The number of nitro benzene ring substituents is 1. The first-order valence-corrected chi connectivity index (χ1v) is 7.24. The lowest BCUT2D eigenvalue weighted by Crippen LogP contribution is -2.21. The molecule has 1 heterocycles. The highest BCUT2D eigenvalue weighted by Gasteiger charge is 2.22. The quantitative estimate of drug-likeness (QED) is 0.652. The maximum Gasteiger partial charge on any atom is 0.293 e. The van der Waals surface area contributed by atoms with Gasteiger partial charge in [-0.15, -0.1) is 0 Å². The zero-order chi connectivity index (χ0) is 15.6. The van der Waals surface area contributed by atoms with E-state index in [-0.39, 0.29) is 5.69 Å². The van der Waals surface area contributed by atoms with E-state index in [2.05, 4.69) is 9.71 Å². The maximum absolute atomic E-state index is 12.2. The third-order valence-corrected chi connectivity index (χ3v) is 4.06. The Morgan fingerprint density at radius 3 is 2.62 bits per heavy atom. The van der Waals surface area contributed by atoms with E-state index in [1.54, 1.807) is 6.92 Å². The van der Waals surface area contributed by atoms with Gasteiger partial charge in [0.1, 0.15) is 5.69 Å². The van der Waals surface area contributed by atoms with Crippen molar-refractivity contribution in [2.45, 2.75) is 11.8 Å². The van der Waals surface area contributed by atoms with Crippen molar-refractivity contribution in [2.24, 2.45) is 0 Å². The molecule has 8 nitrogen and oxygen atoms in total. The van der Waals surface area contributed by atoms with Crippen LogP contribution in [0.3, 0.4) is 0 Å². The van der Waals surface area contributed by atoms with Crippen LogP contribution in [0.4, 0.5) is 11.4 Å². The van der Waals surface area contributed by atoms with Gasteiger partial charge in [-0.05, 0) is 18.6 Å². The first-order chi connectivity index (χ1) is 9.81. The molecule has 21 heavy (non-hydrogen) atoms. The second-order valence-corrected chi connectivity index (χ2v) is 5.91. The Hall–Kier alpha value is -2.68. The largest absolute Gasteiger partial charge is 0.366 e. The van der Waals surface area contributed by atoms with Gasteiger partial charge < -0.3 is 4.98 Å². The van der Waals surface area contributed by atoms with Crippen LogP contribution in [0, 0.1) is 17.0 Å². The molecule has 0 unspecified atom stereocenters. The third kappa shape index (κ3) is 3.08. The van der Waals surface area contributed by atoms with Crippen molar-refractivity contribution in [3.63, 3.8) is 0 Å². The normalized spacial score (nSPS) is 11.1. The standard InChI is InChI=1S/C12H11N3O5S/c1-8-2-3-10(15(17)18)9(6-8)14-21(19,20)12-7-13-5-4-11(12)16/h2-7,14H,1H3,(H,13,16). The lowest BCUT2D eigenvalue weighted by Gasteiger charge is -2.08. The fraction of sp³-hybridized carbons (Fsp3) is 0.0833. The molecule has 9 heteroatoms. The zero-order valence-electron chi connectivity index (χ0n) is 10.9. The summed E-state index contributed by atoms with van der Waals surface area (Å²) in [6.07, 6.45) is 2.31. The summed E-state index contributed by atoms with van der Waals surface area (Å²) < 4.78 is 26.4. The summed E-state index contributed by atoms with van der Waals surface area (Å²) >= 11 is 0. The molecule has 0 aliphatic heterocycles. The molecule has 2 rings (SSSR count). The van der Waals surface area contributed by atoms with Crippen LogP contribution in [0.25, 0.3) is 0 Å². The lowest BCUT2D eigenvalue weighted by molar-refractivity contribution is -0.383. The Kier molecular flexibility index (Phi) is 3.76. The summed E-state index contributed by atoms with van der Waals surface area (Å²) in [5, 5.41) is 10.9. The number of rotatable bonds is 4. The molecule has 0 bridgehead atoms. The number of benzene rings is 1. The van der Waals surface area contributed by atoms with Gasteiger partial charge in [0.2, 0.25) is 5.43 Å². The Balaban J connectivity index is 2.52. The van der Waals surface area contributed by atoms with Gasteiger partial charge in [0.15, 0.2) is 4.90 Å². The van der Waals surface area contributed by atoms with Crippen LogP contribution in [0.15, 0.2) is 46.3 Å². The number of aryl methyl sites for hydroxylation is 1. The summed E-state index contributed by atoms with van der Waals surface area (Å²) in [5.41, 5.74) is -0.656. The van der Waals surface area contributed by atoms with Crippen LogP contribution in [0.2, 0.25) is 0 Å². The van der Waals surface area contributed by atoms with Crippen LogP contribution < -0.4 is 10.2 Å². The average Bonchev–Trinajstić information content (AvgIpc) is 2.38. The van der Waals surface area contributed by atoms with Crippen LogP contribution >= 0.6 is 0 Å². The van der Waals surface area contributed by atoms with Gasteiger partial charge in [-0.1, -0.05) is 6.07 Å². The van der Waals surface area contributed by atoms with Gasteiger partial charge in [-0.3, -0.25) is 19.6 Å². The van der Waals surface area contributed by atoms with Gasteiger partial charge in [0.25, 0.3) is 15.7 Å². The van der Waals surface area contributed by atoms with E-state index >= 15 is 0 Å². The monoisotopic (exact) mass is 309 g/mol. The van der Waals surface area contributed by atoms with Crippen LogP contribution in [-0.4, -0.2) is 18.3 Å². The lowest BCUT2D eigenvalue weighted by atomic mass is 10.2. The topological polar surface area (TPSA) is 122 Å². The summed E-state index contributed by atoms with van der Waals surface area (Å²) in [6, 6.07) is 5.07. The molecule has 0 saturated carbocycles. The van der Waals surface area contributed by atoms with Gasteiger partial charge in [-0.25, -0.2) is 8.42 Å².